The molecule has 9 heteroatoms. The summed E-state index contributed by atoms with van der Waals surface area (Å²) in [7, 11) is 0. The number of amides is 1. The standard InChI is InChI=1S/C22H20ClN3O5/c1-13-19(20(23)26(25-13)11-15-6-4-3-5-7-15)22(28)31-14(2)21(27)24-16-8-9-17-18(10-16)30-12-29-17/h3-10,14H,11-12H2,1-2H3,(H,24,27). The SMILES string of the molecule is Cc1nn(Cc2ccccc2)c(Cl)c1C(=O)OC(C)C(=O)Nc1ccc2c(c1)OCO2. The Kier molecular flexibility index (Phi) is 5.81. The molecule has 0 fully saturated rings. The van der Waals surface area contributed by atoms with Gasteiger partial charge >= 0.3 is 5.97 Å². The van der Waals surface area contributed by atoms with Crippen molar-refractivity contribution in [1.82, 2.24) is 9.78 Å². The molecule has 1 unspecified atom stereocenters. The van der Waals surface area contributed by atoms with E-state index in [9.17, 15) is 9.59 Å². The highest BCUT2D eigenvalue weighted by Crippen LogP contribution is 2.34. The van der Waals surface area contributed by atoms with Crippen LogP contribution in [0.25, 0.3) is 0 Å². The molecule has 3 aromatic rings. The van der Waals surface area contributed by atoms with Crippen LogP contribution in [0.1, 0.15) is 28.5 Å². The summed E-state index contributed by atoms with van der Waals surface area (Å²) < 4.78 is 17.4. The number of rotatable bonds is 6. The number of hydrogen-bond acceptors (Lipinski definition) is 6. The monoisotopic (exact) mass is 441 g/mol. The minimum atomic E-state index is -1.05. The maximum Gasteiger partial charge on any atom is 0.343 e. The van der Waals surface area contributed by atoms with Crippen LogP contribution < -0.4 is 14.8 Å². The molecule has 1 atom stereocenters. The number of carbonyl (C=O) groups is 2. The quantitative estimate of drug-likeness (QED) is 0.585. The lowest BCUT2D eigenvalue weighted by Crippen LogP contribution is -2.30. The molecule has 1 amide bonds. The first-order valence-electron chi connectivity index (χ1n) is 9.60. The zero-order chi connectivity index (χ0) is 22.0. The molecule has 0 bridgehead atoms. The number of anilines is 1. The average molecular weight is 442 g/mol. The molecule has 1 N–H and O–H groups in total. The highest BCUT2D eigenvalue weighted by Gasteiger charge is 2.26. The summed E-state index contributed by atoms with van der Waals surface area (Å²) in [5, 5.41) is 7.19. The van der Waals surface area contributed by atoms with Crippen LogP contribution in [0.15, 0.2) is 48.5 Å². The molecule has 0 saturated carbocycles. The zero-order valence-corrected chi connectivity index (χ0v) is 17.7. The van der Waals surface area contributed by atoms with Gasteiger partial charge in [-0.25, -0.2) is 9.48 Å². The van der Waals surface area contributed by atoms with Crippen LogP contribution in [0.3, 0.4) is 0 Å². The molecule has 1 aromatic heterocycles. The maximum absolute atomic E-state index is 12.7. The van der Waals surface area contributed by atoms with Gasteiger partial charge in [0.1, 0.15) is 10.7 Å². The number of hydrogen-bond donors (Lipinski definition) is 1. The van der Waals surface area contributed by atoms with Crippen molar-refractivity contribution in [3.63, 3.8) is 0 Å². The molecule has 1 aliphatic heterocycles. The summed E-state index contributed by atoms with van der Waals surface area (Å²) in [5.74, 6) is -0.0568. The van der Waals surface area contributed by atoms with Gasteiger partial charge in [0.05, 0.1) is 12.2 Å². The van der Waals surface area contributed by atoms with Gasteiger partial charge in [-0.3, -0.25) is 4.79 Å². The lowest BCUT2D eigenvalue weighted by atomic mass is 10.2. The molecular weight excluding hydrogens is 422 g/mol. The number of carbonyl (C=O) groups excluding carboxylic acids is 2. The van der Waals surface area contributed by atoms with Crippen LogP contribution in [0, 0.1) is 6.92 Å². The minimum Gasteiger partial charge on any atom is -0.454 e. The van der Waals surface area contributed by atoms with E-state index >= 15 is 0 Å². The van der Waals surface area contributed by atoms with Crippen LogP contribution in [0.2, 0.25) is 5.15 Å². The first kappa shape index (κ1) is 20.7. The Morgan fingerprint density at radius 1 is 1.19 bits per heavy atom. The van der Waals surface area contributed by atoms with Crippen molar-refractivity contribution < 1.29 is 23.8 Å². The largest absolute Gasteiger partial charge is 0.454 e. The Hall–Kier alpha value is -3.52. The third-order valence-electron chi connectivity index (χ3n) is 4.74. The van der Waals surface area contributed by atoms with Crippen LogP contribution in [-0.2, 0) is 16.1 Å². The van der Waals surface area contributed by atoms with E-state index in [0.29, 0.717) is 29.4 Å². The third-order valence-corrected chi connectivity index (χ3v) is 5.12. The highest BCUT2D eigenvalue weighted by atomic mass is 35.5. The number of nitrogens with zero attached hydrogens (tertiary/aromatic N) is 2. The van der Waals surface area contributed by atoms with Crippen molar-refractivity contribution in [2.24, 2.45) is 0 Å². The summed E-state index contributed by atoms with van der Waals surface area (Å²) >= 11 is 6.39. The smallest absolute Gasteiger partial charge is 0.343 e. The fourth-order valence-corrected chi connectivity index (χ4v) is 3.45. The van der Waals surface area contributed by atoms with E-state index in [0.717, 1.165) is 5.56 Å². The van der Waals surface area contributed by atoms with Gasteiger partial charge in [0.25, 0.3) is 5.91 Å². The number of nitrogens with one attached hydrogen (secondary N) is 1. The molecule has 1 aliphatic rings. The number of fused-ring (bicyclic) bond motifs is 1. The van der Waals surface area contributed by atoms with Crippen molar-refractivity contribution >= 4 is 29.2 Å². The van der Waals surface area contributed by atoms with Gasteiger partial charge < -0.3 is 19.5 Å². The Balaban J connectivity index is 1.42. The normalized spacial score (nSPS) is 13.0. The molecule has 160 valence electrons. The predicted molar refractivity (Wildman–Crippen MR) is 114 cm³/mol. The fraction of sp³-hybridized carbons (Fsp3) is 0.227. The van der Waals surface area contributed by atoms with Crippen molar-refractivity contribution in [2.75, 3.05) is 12.1 Å². The predicted octanol–water partition coefficient (Wildman–Crippen LogP) is 3.81. The average Bonchev–Trinajstić information content (AvgIpc) is 3.32. The van der Waals surface area contributed by atoms with Crippen molar-refractivity contribution in [3.05, 3.63) is 70.5 Å². The summed E-state index contributed by atoms with van der Waals surface area (Å²) in [6.45, 7) is 3.70. The van der Waals surface area contributed by atoms with Gasteiger partial charge in [0, 0.05) is 11.8 Å². The van der Waals surface area contributed by atoms with Crippen LogP contribution in [0.5, 0.6) is 11.5 Å². The number of esters is 1. The summed E-state index contributed by atoms with van der Waals surface area (Å²) in [6, 6.07) is 14.6. The molecule has 0 saturated heterocycles. The van der Waals surface area contributed by atoms with Gasteiger partial charge in [-0.2, -0.15) is 5.10 Å². The molecule has 2 aromatic carbocycles. The van der Waals surface area contributed by atoms with E-state index in [1.807, 2.05) is 30.3 Å². The highest BCUT2D eigenvalue weighted by molar-refractivity contribution is 6.32. The van der Waals surface area contributed by atoms with Crippen molar-refractivity contribution in [2.45, 2.75) is 26.5 Å². The molecule has 8 nitrogen and oxygen atoms in total. The maximum atomic E-state index is 12.7. The van der Waals surface area contributed by atoms with E-state index in [1.165, 1.54) is 11.6 Å². The molecule has 31 heavy (non-hydrogen) atoms. The van der Waals surface area contributed by atoms with Crippen molar-refractivity contribution in [1.29, 1.82) is 0 Å². The molecule has 4 rings (SSSR count). The first-order valence-corrected chi connectivity index (χ1v) is 9.98. The van der Waals surface area contributed by atoms with Gasteiger partial charge in [-0.05, 0) is 31.5 Å². The second kappa shape index (κ2) is 8.69. The Morgan fingerprint density at radius 2 is 1.94 bits per heavy atom. The molecule has 0 aliphatic carbocycles. The van der Waals surface area contributed by atoms with Gasteiger partial charge in [-0.15, -0.1) is 0 Å². The second-order valence-corrected chi connectivity index (χ2v) is 7.36. The second-order valence-electron chi connectivity index (χ2n) is 7.00. The Bertz CT molecular complexity index is 1130. The molecule has 0 spiro atoms. The Labute approximate surface area is 183 Å². The number of ether oxygens (including phenoxy) is 3. The summed E-state index contributed by atoms with van der Waals surface area (Å²) in [4.78, 5) is 25.2. The van der Waals surface area contributed by atoms with E-state index in [1.54, 1.807) is 25.1 Å². The fourth-order valence-electron chi connectivity index (χ4n) is 3.14. The number of halogens is 1. The molecule has 2 heterocycles. The third kappa shape index (κ3) is 4.49. The molecule has 0 radical (unpaired) electrons. The first-order chi connectivity index (χ1) is 14.9. The summed E-state index contributed by atoms with van der Waals surface area (Å²) in [6.07, 6.45) is -1.05. The van der Waals surface area contributed by atoms with E-state index < -0.39 is 18.0 Å². The van der Waals surface area contributed by atoms with Crippen LogP contribution in [0.4, 0.5) is 5.69 Å². The topological polar surface area (TPSA) is 91.7 Å². The number of aryl methyl sites for hydroxylation is 1. The number of benzene rings is 2. The van der Waals surface area contributed by atoms with Gasteiger partial charge in [-0.1, -0.05) is 41.9 Å². The lowest BCUT2D eigenvalue weighted by Gasteiger charge is -2.14. The van der Waals surface area contributed by atoms with Gasteiger partial charge in [0.2, 0.25) is 6.79 Å². The van der Waals surface area contributed by atoms with Gasteiger partial charge in [0.15, 0.2) is 17.6 Å². The molecular formula is C22H20ClN3O5. The Morgan fingerprint density at radius 3 is 2.71 bits per heavy atom. The lowest BCUT2D eigenvalue weighted by molar-refractivity contribution is -0.123. The summed E-state index contributed by atoms with van der Waals surface area (Å²) in [5.41, 5.74) is 2.06. The van der Waals surface area contributed by atoms with E-state index in [4.69, 9.17) is 25.8 Å². The van der Waals surface area contributed by atoms with Crippen LogP contribution >= 0.6 is 11.6 Å². The van der Waals surface area contributed by atoms with E-state index in [-0.39, 0.29) is 17.5 Å². The van der Waals surface area contributed by atoms with E-state index in [2.05, 4.69) is 10.4 Å². The minimum absolute atomic E-state index is 0.138. The zero-order valence-electron chi connectivity index (χ0n) is 16.9. The van der Waals surface area contributed by atoms with Crippen molar-refractivity contribution in [3.8, 4) is 11.5 Å². The van der Waals surface area contributed by atoms with Crippen LogP contribution in [-0.4, -0.2) is 34.6 Å². The number of aromatic nitrogens is 2.